The maximum Gasteiger partial charge on any atom is 0.120 e. The van der Waals surface area contributed by atoms with Gasteiger partial charge in [0.05, 0.1) is 6.61 Å². The van der Waals surface area contributed by atoms with Gasteiger partial charge in [-0.3, -0.25) is 0 Å². The second-order valence-corrected chi connectivity index (χ2v) is 4.75. The molecule has 0 saturated heterocycles. The summed E-state index contributed by atoms with van der Waals surface area (Å²) in [6.45, 7) is 3.39. The SMILES string of the molecule is CC(NCCO)c1cccc(OCc2ccccc2)c1. The van der Waals surface area contributed by atoms with Gasteiger partial charge in [-0.1, -0.05) is 42.5 Å². The number of aliphatic hydroxyl groups is 1. The molecule has 0 radical (unpaired) electrons. The molecule has 2 rings (SSSR count). The van der Waals surface area contributed by atoms with Crippen molar-refractivity contribution >= 4 is 0 Å². The fraction of sp³-hybridized carbons (Fsp3) is 0.294. The van der Waals surface area contributed by atoms with Gasteiger partial charge in [-0.25, -0.2) is 0 Å². The standard InChI is InChI=1S/C17H21NO2/c1-14(18-10-11-19)16-8-5-9-17(12-16)20-13-15-6-3-2-4-7-15/h2-9,12,14,18-19H,10-11,13H2,1H3. The van der Waals surface area contributed by atoms with Gasteiger partial charge in [-0.05, 0) is 30.2 Å². The lowest BCUT2D eigenvalue weighted by Gasteiger charge is -2.15. The van der Waals surface area contributed by atoms with Crippen molar-refractivity contribution < 1.29 is 9.84 Å². The Hall–Kier alpha value is -1.84. The highest BCUT2D eigenvalue weighted by atomic mass is 16.5. The van der Waals surface area contributed by atoms with Crippen molar-refractivity contribution in [2.45, 2.75) is 19.6 Å². The normalized spacial score (nSPS) is 12.1. The molecule has 0 heterocycles. The summed E-state index contributed by atoms with van der Waals surface area (Å²) < 4.78 is 5.81. The van der Waals surface area contributed by atoms with Gasteiger partial charge >= 0.3 is 0 Å². The van der Waals surface area contributed by atoms with Crippen molar-refractivity contribution in [1.82, 2.24) is 5.32 Å². The Morgan fingerprint density at radius 2 is 1.90 bits per heavy atom. The van der Waals surface area contributed by atoms with E-state index in [0.717, 1.165) is 16.9 Å². The minimum atomic E-state index is 0.147. The van der Waals surface area contributed by atoms with Crippen LogP contribution in [0.2, 0.25) is 0 Å². The highest BCUT2D eigenvalue weighted by molar-refractivity contribution is 5.30. The minimum Gasteiger partial charge on any atom is -0.489 e. The van der Waals surface area contributed by atoms with E-state index in [9.17, 15) is 0 Å². The average molecular weight is 271 g/mol. The molecule has 2 aromatic rings. The lowest BCUT2D eigenvalue weighted by atomic mass is 10.1. The molecular formula is C17H21NO2. The van der Waals surface area contributed by atoms with Crippen LogP contribution in [0, 0.1) is 0 Å². The topological polar surface area (TPSA) is 41.5 Å². The lowest BCUT2D eigenvalue weighted by molar-refractivity contribution is 0.286. The van der Waals surface area contributed by atoms with E-state index in [-0.39, 0.29) is 12.6 Å². The quantitative estimate of drug-likeness (QED) is 0.813. The van der Waals surface area contributed by atoms with Gasteiger partial charge in [0, 0.05) is 12.6 Å². The van der Waals surface area contributed by atoms with Crippen LogP contribution in [0.5, 0.6) is 5.75 Å². The number of ether oxygens (including phenoxy) is 1. The van der Waals surface area contributed by atoms with E-state index in [4.69, 9.17) is 9.84 Å². The molecule has 0 fully saturated rings. The zero-order valence-corrected chi connectivity index (χ0v) is 11.8. The van der Waals surface area contributed by atoms with Crippen molar-refractivity contribution in [3.63, 3.8) is 0 Å². The van der Waals surface area contributed by atoms with Crippen molar-refractivity contribution in [3.8, 4) is 5.75 Å². The summed E-state index contributed by atoms with van der Waals surface area (Å²) in [5.41, 5.74) is 2.31. The molecule has 0 aliphatic carbocycles. The molecular weight excluding hydrogens is 250 g/mol. The number of benzene rings is 2. The van der Waals surface area contributed by atoms with E-state index in [1.54, 1.807) is 0 Å². The number of nitrogens with one attached hydrogen (secondary N) is 1. The third-order valence-electron chi connectivity index (χ3n) is 3.17. The van der Waals surface area contributed by atoms with Crippen LogP contribution < -0.4 is 10.1 Å². The molecule has 1 unspecified atom stereocenters. The first-order chi connectivity index (χ1) is 9.79. The van der Waals surface area contributed by atoms with E-state index in [0.29, 0.717) is 13.2 Å². The Morgan fingerprint density at radius 3 is 2.65 bits per heavy atom. The predicted molar refractivity (Wildman–Crippen MR) is 80.7 cm³/mol. The third-order valence-corrected chi connectivity index (χ3v) is 3.17. The van der Waals surface area contributed by atoms with E-state index in [1.165, 1.54) is 0 Å². The Bertz CT molecular complexity index is 513. The largest absolute Gasteiger partial charge is 0.489 e. The van der Waals surface area contributed by atoms with Crippen molar-refractivity contribution in [2.24, 2.45) is 0 Å². The first kappa shape index (κ1) is 14.6. The van der Waals surface area contributed by atoms with Crippen LogP contribution in [-0.2, 0) is 6.61 Å². The van der Waals surface area contributed by atoms with Gasteiger partial charge in [0.1, 0.15) is 12.4 Å². The monoisotopic (exact) mass is 271 g/mol. The van der Waals surface area contributed by atoms with Gasteiger partial charge < -0.3 is 15.2 Å². The summed E-state index contributed by atoms with van der Waals surface area (Å²) >= 11 is 0. The maximum atomic E-state index is 8.84. The maximum absolute atomic E-state index is 8.84. The molecule has 2 N–H and O–H groups in total. The summed E-state index contributed by atoms with van der Waals surface area (Å²) in [6, 6.07) is 18.4. The molecule has 3 heteroatoms. The first-order valence-corrected chi connectivity index (χ1v) is 6.90. The fourth-order valence-corrected chi connectivity index (χ4v) is 2.01. The third kappa shape index (κ3) is 4.37. The van der Waals surface area contributed by atoms with Crippen LogP contribution in [-0.4, -0.2) is 18.3 Å². The Labute approximate surface area is 120 Å². The first-order valence-electron chi connectivity index (χ1n) is 6.90. The summed E-state index contributed by atoms with van der Waals surface area (Å²) in [7, 11) is 0. The minimum absolute atomic E-state index is 0.147. The fourth-order valence-electron chi connectivity index (χ4n) is 2.01. The molecule has 0 amide bonds. The predicted octanol–water partition coefficient (Wildman–Crippen LogP) is 2.91. The van der Waals surface area contributed by atoms with Crippen LogP contribution in [0.4, 0.5) is 0 Å². The summed E-state index contributed by atoms with van der Waals surface area (Å²) in [5, 5.41) is 12.1. The van der Waals surface area contributed by atoms with E-state index in [1.807, 2.05) is 36.4 Å². The van der Waals surface area contributed by atoms with E-state index >= 15 is 0 Å². The second-order valence-electron chi connectivity index (χ2n) is 4.75. The highest BCUT2D eigenvalue weighted by Crippen LogP contribution is 2.20. The van der Waals surface area contributed by atoms with Crippen LogP contribution >= 0.6 is 0 Å². The van der Waals surface area contributed by atoms with Crippen molar-refractivity contribution in [1.29, 1.82) is 0 Å². The number of rotatable bonds is 7. The Morgan fingerprint density at radius 1 is 1.10 bits per heavy atom. The van der Waals surface area contributed by atoms with Crippen LogP contribution in [0.3, 0.4) is 0 Å². The molecule has 0 aliphatic heterocycles. The van der Waals surface area contributed by atoms with E-state index in [2.05, 4.69) is 30.4 Å². The van der Waals surface area contributed by atoms with Crippen molar-refractivity contribution in [2.75, 3.05) is 13.2 Å². The van der Waals surface area contributed by atoms with Crippen molar-refractivity contribution in [3.05, 3.63) is 65.7 Å². The van der Waals surface area contributed by atoms with Gasteiger partial charge in [-0.15, -0.1) is 0 Å². The second kappa shape index (κ2) is 7.68. The Balaban J connectivity index is 1.95. The smallest absolute Gasteiger partial charge is 0.120 e. The summed E-state index contributed by atoms with van der Waals surface area (Å²) in [6.07, 6.45) is 0. The number of hydrogen-bond donors (Lipinski definition) is 2. The average Bonchev–Trinajstić information content (AvgIpc) is 2.52. The Kier molecular flexibility index (Phi) is 5.59. The molecule has 0 aliphatic rings. The highest BCUT2D eigenvalue weighted by Gasteiger charge is 2.05. The van der Waals surface area contributed by atoms with Gasteiger partial charge in [0.15, 0.2) is 0 Å². The van der Waals surface area contributed by atoms with Gasteiger partial charge in [-0.2, -0.15) is 0 Å². The van der Waals surface area contributed by atoms with Crippen LogP contribution in [0.25, 0.3) is 0 Å². The van der Waals surface area contributed by atoms with Crippen LogP contribution in [0.15, 0.2) is 54.6 Å². The van der Waals surface area contributed by atoms with Gasteiger partial charge in [0.25, 0.3) is 0 Å². The number of hydrogen-bond acceptors (Lipinski definition) is 3. The van der Waals surface area contributed by atoms with Gasteiger partial charge in [0.2, 0.25) is 0 Å². The van der Waals surface area contributed by atoms with Crippen LogP contribution in [0.1, 0.15) is 24.1 Å². The molecule has 0 aromatic heterocycles. The molecule has 1 atom stereocenters. The molecule has 0 bridgehead atoms. The molecule has 2 aromatic carbocycles. The van der Waals surface area contributed by atoms with E-state index < -0.39 is 0 Å². The molecule has 106 valence electrons. The summed E-state index contributed by atoms with van der Waals surface area (Å²) in [4.78, 5) is 0. The molecule has 3 nitrogen and oxygen atoms in total. The summed E-state index contributed by atoms with van der Waals surface area (Å²) in [5.74, 6) is 0.865. The lowest BCUT2D eigenvalue weighted by Crippen LogP contribution is -2.22. The molecule has 20 heavy (non-hydrogen) atoms. The zero-order chi connectivity index (χ0) is 14.2. The molecule has 0 spiro atoms. The zero-order valence-electron chi connectivity index (χ0n) is 11.8. The number of aliphatic hydroxyl groups excluding tert-OH is 1. The molecule has 0 saturated carbocycles.